The molecule has 1 rings (SSSR count). The number of thiophene rings is 1. The molecular formula is C5H7IN2S. The first-order valence-corrected chi connectivity index (χ1v) is 4.45. The zero-order chi connectivity index (χ0) is 6.69. The molecule has 3 N–H and O–H groups in total. The summed E-state index contributed by atoms with van der Waals surface area (Å²) in [6, 6.07) is 2.12. The highest BCUT2D eigenvalue weighted by atomic mass is 127. The molecule has 0 unspecified atom stereocenters. The van der Waals surface area contributed by atoms with Crippen molar-refractivity contribution in [2.75, 3.05) is 0 Å². The van der Waals surface area contributed by atoms with Crippen molar-refractivity contribution in [2.45, 2.75) is 6.54 Å². The van der Waals surface area contributed by atoms with Crippen molar-refractivity contribution in [3.63, 3.8) is 0 Å². The van der Waals surface area contributed by atoms with E-state index in [1.807, 2.05) is 0 Å². The molecule has 0 bridgehead atoms. The van der Waals surface area contributed by atoms with Gasteiger partial charge in [0.1, 0.15) is 0 Å². The van der Waals surface area contributed by atoms with E-state index in [9.17, 15) is 0 Å². The number of hydrogen-bond donors (Lipinski definition) is 2. The highest BCUT2D eigenvalue weighted by Gasteiger charge is 1.93. The Balaban J connectivity index is 2.61. The van der Waals surface area contributed by atoms with Crippen molar-refractivity contribution in [3.05, 3.63) is 19.9 Å². The lowest BCUT2D eigenvalue weighted by Gasteiger charge is -1.90. The van der Waals surface area contributed by atoms with Crippen LogP contribution < -0.4 is 11.3 Å². The van der Waals surface area contributed by atoms with Gasteiger partial charge in [-0.3, -0.25) is 11.3 Å². The number of hydrazine groups is 1. The Morgan fingerprint density at radius 2 is 2.56 bits per heavy atom. The van der Waals surface area contributed by atoms with Gasteiger partial charge < -0.3 is 0 Å². The molecule has 0 aliphatic rings. The van der Waals surface area contributed by atoms with Crippen molar-refractivity contribution in [2.24, 2.45) is 5.84 Å². The normalized spacial score (nSPS) is 10.0. The Labute approximate surface area is 71.6 Å². The molecule has 0 aromatic carbocycles. The topological polar surface area (TPSA) is 38.0 Å². The van der Waals surface area contributed by atoms with Gasteiger partial charge >= 0.3 is 0 Å². The zero-order valence-electron chi connectivity index (χ0n) is 4.73. The van der Waals surface area contributed by atoms with Crippen molar-refractivity contribution in [1.82, 2.24) is 5.43 Å². The average molecular weight is 254 g/mol. The molecule has 0 aliphatic heterocycles. The maximum Gasteiger partial charge on any atom is 0.0656 e. The van der Waals surface area contributed by atoms with Crippen LogP contribution in [-0.4, -0.2) is 0 Å². The van der Waals surface area contributed by atoms with E-state index >= 15 is 0 Å². The molecule has 1 aromatic heterocycles. The van der Waals surface area contributed by atoms with Crippen LogP contribution in [0.3, 0.4) is 0 Å². The van der Waals surface area contributed by atoms with E-state index in [1.54, 1.807) is 11.3 Å². The number of rotatable bonds is 2. The standard InChI is InChI=1S/C5H7IN2S/c6-5-1-4(2-8-7)3-9-5/h1,3,8H,2,7H2. The van der Waals surface area contributed by atoms with Gasteiger partial charge in [-0.15, -0.1) is 11.3 Å². The van der Waals surface area contributed by atoms with E-state index in [-0.39, 0.29) is 0 Å². The molecule has 50 valence electrons. The van der Waals surface area contributed by atoms with Gasteiger partial charge in [0.05, 0.1) is 2.88 Å². The number of hydrogen-bond acceptors (Lipinski definition) is 3. The Hall–Kier alpha value is 0.350. The van der Waals surface area contributed by atoms with Crippen LogP contribution in [0.25, 0.3) is 0 Å². The van der Waals surface area contributed by atoms with Gasteiger partial charge in [0.15, 0.2) is 0 Å². The van der Waals surface area contributed by atoms with Crippen molar-refractivity contribution < 1.29 is 0 Å². The predicted molar refractivity (Wildman–Crippen MR) is 48.1 cm³/mol. The van der Waals surface area contributed by atoms with Crippen LogP contribution in [0.4, 0.5) is 0 Å². The van der Waals surface area contributed by atoms with Crippen LogP contribution in [-0.2, 0) is 6.54 Å². The second kappa shape index (κ2) is 3.50. The quantitative estimate of drug-likeness (QED) is 0.474. The first kappa shape index (κ1) is 7.46. The summed E-state index contributed by atoms with van der Waals surface area (Å²) in [6.45, 7) is 0.763. The summed E-state index contributed by atoms with van der Waals surface area (Å²) >= 11 is 4.03. The van der Waals surface area contributed by atoms with Crippen LogP contribution in [0.15, 0.2) is 11.4 Å². The van der Waals surface area contributed by atoms with E-state index in [1.165, 1.54) is 8.45 Å². The van der Waals surface area contributed by atoms with Crippen LogP contribution in [0.1, 0.15) is 5.56 Å². The van der Waals surface area contributed by atoms with Crippen molar-refractivity contribution in [3.8, 4) is 0 Å². The first-order chi connectivity index (χ1) is 4.33. The maximum atomic E-state index is 5.12. The second-order valence-corrected chi connectivity index (χ2v) is 4.45. The molecule has 4 heteroatoms. The molecule has 1 heterocycles. The monoisotopic (exact) mass is 254 g/mol. The second-order valence-electron chi connectivity index (χ2n) is 1.64. The summed E-state index contributed by atoms with van der Waals surface area (Å²) in [5.41, 5.74) is 3.86. The van der Waals surface area contributed by atoms with Crippen LogP contribution in [0, 0.1) is 2.88 Å². The van der Waals surface area contributed by atoms with Gasteiger partial charge in [0.25, 0.3) is 0 Å². The minimum absolute atomic E-state index is 0.763. The Morgan fingerprint density at radius 1 is 1.78 bits per heavy atom. The summed E-state index contributed by atoms with van der Waals surface area (Å²) in [4.78, 5) is 0. The molecule has 0 radical (unpaired) electrons. The summed E-state index contributed by atoms with van der Waals surface area (Å²) in [5, 5.41) is 2.10. The summed E-state index contributed by atoms with van der Waals surface area (Å²) in [7, 11) is 0. The molecule has 9 heavy (non-hydrogen) atoms. The third-order valence-electron chi connectivity index (χ3n) is 0.928. The smallest absolute Gasteiger partial charge is 0.0656 e. The van der Waals surface area contributed by atoms with Gasteiger partial charge in [0, 0.05) is 6.54 Å². The third kappa shape index (κ3) is 2.21. The third-order valence-corrected chi connectivity index (χ3v) is 2.77. The number of nitrogens with one attached hydrogen (secondary N) is 1. The summed E-state index contributed by atoms with van der Waals surface area (Å²) < 4.78 is 1.30. The highest BCUT2D eigenvalue weighted by Crippen LogP contribution is 2.15. The van der Waals surface area contributed by atoms with E-state index < -0.39 is 0 Å². The van der Waals surface area contributed by atoms with Crippen LogP contribution >= 0.6 is 33.9 Å². The predicted octanol–water partition coefficient (Wildman–Crippen LogP) is 1.32. The molecule has 0 spiro atoms. The minimum Gasteiger partial charge on any atom is -0.271 e. The van der Waals surface area contributed by atoms with E-state index in [0.717, 1.165) is 6.54 Å². The van der Waals surface area contributed by atoms with Crippen molar-refractivity contribution >= 4 is 33.9 Å². The van der Waals surface area contributed by atoms with Gasteiger partial charge in [0.2, 0.25) is 0 Å². The molecule has 0 saturated carbocycles. The fourth-order valence-corrected chi connectivity index (χ4v) is 1.97. The molecule has 0 aliphatic carbocycles. The lowest BCUT2D eigenvalue weighted by Crippen LogP contribution is -2.20. The van der Waals surface area contributed by atoms with Gasteiger partial charge in [-0.1, -0.05) is 0 Å². The molecule has 0 saturated heterocycles. The first-order valence-electron chi connectivity index (χ1n) is 2.49. The van der Waals surface area contributed by atoms with Gasteiger partial charge in [-0.2, -0.15) is 0 Å². The van der Waals surface area contributed by atoms with E-state index in [0.29, 0.717) is 0 Å². The van der Waals surface area contributed by atoms with Crippen LogP contribution in [0.2, 0.25) is 0 Å². The Kier molecular flexibility index (Phi) is 2.90. The van der Waals surface area contributed by atoms with Gasteiger partial charge in [-0.25, -0.2) is 0 Å². The lowest BCUT2D eigenvalue weighted by atomic mass is 10.3. The Bertz CT molecular complexity index is 187. The van der Waals surface area contributed by atoms with E-state index in [4.69, 9.17) is 5.84 Å². The molecular weight excluding hydrogens is 247 g/mol. The zero-order valence-corrected chi connectivity index (χ0v) is 7.70. The molecule has 1 aromatic rings. The minimum atomic E-state index is 0.763. The van der Waals surface area contributed by atoms with E-state index in [2.05, 4.69) is 39.5 Å². The fraction of sp³-hybridized carbons (Fsp3) is 0.200. The molecule has 0 fully saturated rings. The number of halogens is 1. The summed E-state index contributed by atoms with van der Waals surface area (Å²) in [6.07, 6.45) is 0. The largest absolute Gasteiger partial charge is 0.271 e. The molecule has 0 atom stereocenters. The molecule has 0 amide bonds. The lowest BCUT2D eigenvalue weighted by molar-refractivity contribution is 0.743. The van der Waals surface area contributed by atoms with Gasteiger partial charge in [-0.05, 0) is 39.6 Å². The van der Waals surface area contributed by atoms with Crippen LogP contribution in [0.5, 0.6) is 0 Å². The van der Waals surface area contributed by atoms with Crippen molar-refractivity contribution in [1.29, 1.82) is 0 Å². The maximum absolute atomic E-state index is 5.12. The highest BCUT2D eigenvalue weighted by molar-refractivity contribution is 14.1. The Morgan fingerprint density at radius 3 is 3.00 bits per heavy atom. The molecule has 2 nitrogen and oxygen atoms in total. The number of nitrogens with two attached hydrogens (primary N) is 1. The SMILES string of the molecule is NNCc1csc(I)c1. The summed E-state index contributed by atoms with van der Waals surface area (Å²) in [5.74, 6) is 5.12. The average Bonchev–Trinajstić information content (AvgIpc) is 2.17. The fourth-order valence-electron chi connectivity index (χ4n) is 0.556.